The first kappa shape index (κ1) is 14.0. The lowest BCUT2D eigenvalue weighted by atomic mass is 10.2. The number of aryl methyl sites for hydroxylation is 1. The molecule has 0 fully saturated rings. The minimum Gasteiger partial charge on any atom is -0.327 e. The lowest BCUT2D eigenvalue weighted by Gasteiger charge is -2.07. The summed E-state index contributed by atoms with van der Waals surface area (Å²) in [6.07, 6.45) is 3.50. The van der Waals surface area contributed by atoms with Crippen molar-refractivity contribution in [2.45, 2.75) is 38.6 Å². The molecule has 0 saturated carbocycles. The second kappa shape index (κ2) is 6.14. The molecule has 0 spiro atoms. The summed E-state index contributed by atoms with van der Waals surface area (Å²) >= 11 is 18.0. The molecule has 0 amide bonds. The minimum absolute atomic E-state index is 0.399. The van der Waals surface area contributed by atoms with Gasteiger partial charge in [0.05, 0.1) is 27.0 Å². The highest BCUT2D eigenvalue weighted by Crippen LogP contribution is 2.29. The average Bonchev–Trinajstić information content (AvgIpc) is 2.68. The quantitative estimate of drug-likeness (QED) is 0.543. The van der Waals surface area contributed by atoms with Gasteiger partial charge in [-0.05, 0) is 18.6 Å². The molecule has 2 rings (SSSR count). The van der Waals surface area contributed by atoms with Crippen LogP contribution in [0.2, 0.25) is 10.0 Å². The fourth-order valence-corrected chi connectivity index (χ4v) is 2.56. The van der Waals surface area contributed by atoms with Crippen LogP contribution in [0.3, 0.4) is 0 Å². The van der Waals surface area contributed by atoms with Gasteiger partial charge >= 0.3 is 0 Å². The number of unbranched alkanes of at least 4 members (excludes halogenated alkanes) is 2. The van der Waals surface area contributed by atoms with Crippen LogP contribution in [0.25, 0.3) is 11.0 Å². The van der Waals surface area contributed by atoms with Crippen LogP contribution in [0.5, 0.6) is 0 Å². The van der Waals surface area contributed by atoms with Gasteiger partial charge in [0.2, 0.25) is 0 Å². The Balaban J connectivity index is 2.44. The first-order valence-electron chi connectivity index (χ1n) is 6.07. The molecule has 0 atom stereocenters. The number of halogens is 3. The molecule has 0 bridgehead atoms. The van der Waals surface area contributed by atoms with Crippen LogP contribution in [0.1, 0.15) is 32.0 Å². The number of benzene rings is 1. The van der Waals surface area contributed by atoms with Gasteiger partial charge in [0, 0.05) is 6.54 Å². The summed E-state index contributed by atoms with van der Waals surface area (Å²) in [6, 6.07) is 3.67. The third-order valence-electron chi connectivity index (χ3n) is 2.97. The second-order valence-electron chi connectivity index (χ2n) is 4.28. The van der Waals surface area contributed by atoms with Gasteiger partial charge in [-0.1, -0.05) is 43.0 Å². The van der Waals surface area contributed by atoms with Gasteiger partial charge in [-0.15, -0.1) is 11.6 Å². The van der Waals surface area contributed by atoms with E-state index < -0.39 is 0 Å². The van der Waals surface area contributed by atoms with Crippen LogP contribution in [0.15, 0.2) is 12.1 Å². The SMILES string of the molecule is CCCCCn1c(CCl)nc2cc(Cl)c(Cl)cc21. The van der Waals surface area contributed by atoms with Crippen LogP contribution in [-0.4, -0.2) is 9.55 Å². The Kier molecular flexibility index (Phi) is 4.77. The highest BCUT2D eigenvalue weighted by atomic mass is 35.5. The lowest BCUT2D eigenvalue weighted by Crippen LogP contribution is -2.02. The largest absolute Gasteiger partial charge is 0.327 e. The van der Waals surface area contributed by atoms with E-state index in [1.807, 2.05) is 6.07 Å². The van der Waals surface area contributed by atoms with Gasteiger partial charge in [0.15, 0.2) is 0 Å². The zero-order chi connectivity index (χ0) is 13.1. The highest BCUT2D eigenvalue weighted by molar-refractivity contribution is 6.42. The summed E-state index contributed by atoms with van der Waals surface area (Å²) in [4.78, 5) is 4.50. The third kappa shape index (κ3) is 2.76. The molecule has 18 heavy (non-hydrogen) atoms. The van der Waals surface area contributed by atoms with Gasteiger partial charge in [-0.25, -0.2) is 4.98 Å². The van der Waals surface area contributed by atoms with E-state index in [4.69, 9.17) is 34.8 Å². The molecule has 5 heteroatoms. The number of rotatable bonds is 5. The second-order valence-corrected chi connectivity index (χ2v) is 5.36. The Bertz CT molecular complexity index is 549. The maximum absolute atomic E-state index is 6.07. The van der Waals surface area contributed by atoms with Crippen molar-refractivity contribution in [1.29, 1.82) is 0 Å². The molecule has 0 aliphatic heterocycles. The van der Waals surface area contributed by atoms with E-state index in [9.17, 15) is 0 Å². The van der Waals surface area contributed by atoms with E-state index in [2.05, 4.69) is 16.5 Å². The molecule has 0 unspecified atom stereocenters. The first-order valence-corrected chi connectivity index (χ1v) is 7.36. The van der Waals surface area contributed by atoms with Gasteiger partial charge in [-0.3, -0.25) is 0 Å². The number of hydrogen-bond donors (Lipinski definition) is 0. The number of alkyl halides is 1. The van der Waals surface area contributed by atoms with Crippen LogP contribution in [-0.2, 0) is 12.4 Å². The molecule has 2 nitrogen and oxygen atoms in total. The van der Waals surface area contributed by atoms with Crippen molar-refractivity contribution in [2.24, 2.45) is 0 Å². The van der Waals surface area contributed by atoms with E-state index in [-0.39, 0.29) is 0 Å². The normalized spacial score (nSPS) is 11.3. The van der Waals surface area contributed by atoms with Crippen molar-refractivity contribution < 1.29 is 0 Å². The van der Waals surface area contributed by atoms with Crippen LogP contribution in [0, 0.1) is 0 Å². The summed E-state index contributed by atoms with van der Waals surface area (Å²) < 4.78 is 2.14. The first-order chi connectivity index (χ1) is 8.67. The molecule has 0 N–H and O–H groups in total. The molecule has 0 radical (unpaired) electrons. The fourth-order valence-electron chi connectivity index (χ4n) is 2.04. The summed E-state index contributed by atoms with van der Waals surface area (Å²) in [6.45, 7) is 3.11. The number of aromatic nitrogens is 2. The number of fused-ring (bicyclic) bond motifs is 1. The minimum atomic E-state index is 0.399. The standard InChI is InChI=1S/C13H15Cl3N2/c1-2-3-4-5-18-12-7-10(16)9(15)6-11(12)17-13(18)8-14/h6-7H,2-5,8H2,1H3. The summed E-state index contributed by atoms with van der Waals surface area (Å²) in [5, 5.41) is 1.09. The maximum atomic E-state index is 6.07. The Morgan fingerprint density at radius 3 is 2.56 bits per heavy atom. The van der Waals surface area contributed by atoms with Crippen molar-refractivity contribution in [3.05, 3.63) is 28.0 Å². The number of hydrogen-bond acceptors (Lipinski definition) is 1. The summed E-state index contributed by atoms with van der Waals surface area (Å²) in [7, 11) is 0. The predicted octanol–water partition coefficient (Wildman–Crippen LogP) is 5.27. The van der Waals surface area contributed by atoms with Crippen molar-refractivity contribution in [3.63, 3.8) is 0 Å². The Labute approximate surface area is 122 Å². The number of nitrogens with zero attached hydrogens (tertiary/aromatic N) is 2. The Hall–Kier alpha value is -0.440. The van der Waals surface area contributed by atoms with Gasteiger partial charge in [0.1, 0.15) is 5.82 Å². The van der Waals surface area contributed by atoms with E-state index in [1.54, 1.807) is 6.07 Å². The fraction of sp³-hybridized carbons (Fsp3) is 0.462. The van der Waals surface area contributed by atoms with Crippen LogP contribution in [0.4, 0.5) is 0 Å². The van der Waals surface area contributed by atoms with E-state index in [0.29, 0.717) is 15.9 Å². The van der Waals surface area contributed by atoms with Crippen molar-refractivity contribution in [2.75, 3.05) is 0 Å². The van der Waals surface area contributed by atoms with Crippen LogP contribution >= 0.6 is 34.8 Å². The monoisotopic (exact) mass is 304 g/mol. The zero-order valence-corrected chi connectivity index (χ0v) is 12.5. The van der Waals surface area contributed by atoms with Crippen molar-refractivity contribution >= 4 is 45.8 Å². The Morgan fingerprint density at radius 2 is 1.89 bits per heavy atom. The smallest absolute Gasteiger partial charge is 0.124 e. The molecule has 1 aromatic heterocycles. The number of imidazole rings is 1. The molecule has 98 valence electrons. The maximum Gasteiger partial charge on any atom is 0.124 e. The molecule has 1 aromatic carbocycles. The topological polar surface area (TPSA) is 17.8 Å². The predicted molar refractivity (Wildman–Crippen MR) is 78.8 cm³/mol. The average molecular weight is 306 g/mol. The van der Waals surface area contributed by atoms with E-state index in [1.165, 1.54) is 12.8 Å². The molecule has 0 saturated heterocycles. The van der Waals surface area contributed by atoms with Gasteiger partial charge < -0.3 is 4.57 Å². The molecule has 0 aliphatic rings. The van der Waals surface area contributed by atoms with E-state index >= 15 is 0 Å². The molecule has 2 aromatic rings. The third-order valence-corrected chi connectivity index (χ3v) is 3.94. The van der Waals surface area contributed by atoms with Gasteiger partial charge in [-0.2, -0.15) is 0 Å². The van der Waals surface area contributed by atoms with Crippen LogP contribution < -0.4 is 0 Å². The van der Waals surface area contributed by atoms with E-state index in [0.717, 1.165) is 29.8 Å². The van der Waals surface area contributed by atoms with Gasteiger partial charge in [0.25, 0.3) is 0 Å². The summed E-state index contributed by atoms with van der Waals surface area (Å²) in [5.74, 6) is 1.27. The highest BCUT2D eigenvalue weighted by Gasteiger charge is 2.12. The van der Waals surface area contributed by atoms with Crippen molar-refractivity contribution in [3.8, 4) is 0 Å². The zero-order valence-electron chi connectivity index (χ0n) is 10.2. The molecule has 0 aliphatic carbocycles. The Morgan fingerprint density at radius 1 is 1.17 bits per heavy atom. The summed E-state index contributed by atoms with van der Waals surface area (Å²) in [5.41, 5.74) is 1.87. The molecule has 1 heterocycles. The van der Waals surface area contributed by atoms with Crippen molar-refractivity contribution in [1.82, 2.24) is 9.55 Å². The molecular formula is C13H15Cl3N2. The molecular weight excluding hydrogens is 291 g/mol. The lowest BCUT2D eigenvalue weighted by molar-refractivity contribution is 0.600.